The molecule has 0 saturated heterocycles. The van der Waals surface area contributed by atoms with Crippen molar-refractivity contribution in [2.24, 2.45) is 0 Å². The van der Waals surface area contributed by atoms with Gasteiger partial charge in [-0.05, 0) is 48.6 Å². The molecule has 3 rings (SSSR count). The van der Waals surface area contributed by atoms with Crippen LogP contribution in [0.3, 0.4) is 0 Å². The molecule has 30 heavy (non-hydrogen) atoms. The number of hydrogen-bond acceptors (Lipinski definition) is 3. The molecule has 0 bridgehead atoms. The summed E-state index contributed by atoms with van der Waals surface area (Å²) in [5.41, 5.74) is 0.155. The molecule has 0 saturated carbocycles. The Morgan fingerprint density at radius 2 is 1.80 bits per heavy atom. The predicted octanol–water partition coefficient (Wildman–Crippen LogP) is 6.15. The van der Waals surface area contributed by atoms with E-state index >= 15 is 0 Å². The first-order chi connectivity index (χ1) is 14.2. The van der Waals surface area contributed by atoms with Crippen molar-refractivity contribution in [3.8, 4) is 11.3 Å². The fourth-order valence-corrected chi connectivity index (χ4v) is 2.90. The maximum absolute atomic E-state index is 12.7. The molecule has 0 unspecified atom stereocenters. The first kappa shape index (κ1) is 21.6. The molecule has 2 N–H and O–H groups in total. The van der Waals surface area contributed by atoms with Crippen LogP contribution in [0.2, 0.25) is 5.02 Å². The Hall–Kier alpha value is -3.10. The average molecular weight is 451 g/mol. The number of furan rings is 1. The predicted molar refractivity (Wildman–Crippen MR) is 114 cm³/mol. The van der Waals surface area contributed by atoms with Crippen LogP contribution in [0.1, 0.15) is 11.3 Å². The second kappa shape index (κ2) is 9.15. The molecule has 0 aliphatic carbocycles. The summed E-state index contributed by atoms with van der Waals surface area (Å²) in [6.07, 6.45) is -1.82. The number of carbonyl (C=O) groups excluding carboxylic acids is 1. The molecule has 0 aliphatic rings. The number of halogens is 4. The van der Waals surface area contributed by atoms with E-state index in [1.54, 1.807) is 12.1 Å². The third-order valence-corrected chi connectivity index (χ3v) is 4.38. The SMILES string of the molecule is O=C(/C=C/c1ccc(-c2ccccc2)o1)NC(=S)Nc1ccc(C(F)(F)F)cc1Cl. The van der Waals surface area contributed by atoms with Crippen molar-refractivity contribution in [1.82, 2.24) is 5.32 Å². The number of hydrogen-bond donors (Lipinski definition) is 2. The van der Waals surface area contributed by atoms with E-state index in [4.69, 9.17) is 28.2 Å². The van der Waals surface area contributed by atoms with Crippen LogP contribution < -0.4 is 10.6 Å². The van der Waals surface area contributed by atoms with E-state index in [9.17, 15) is 18.0 Å². The normalized spacial score (nSPS) is 11.5. The zero-order chi connectivity index (χ0) is 21.7. The Labute approximate surface area is 180 Å². The summed E-state index contributed by atoms with van der Waals surface area (Å²) in [6.45, 7) is 0. The Kier molecular flexibility index (Phi) is 6.59. The standard InChI is InChI=1S/C21H14ClF3N2O2S/c22-16-12-14(21(23,24)25)6-9-17(16)26-20(30)27-19(28)11-8-15-7-10-18(29-15)13-4-2-1-3-5-13/h1-12H,(H2,26,27,28,30)/b11-8+. The molecule has 1 heterocycles. The van der Waals surface area contributed by atoms with Gasteiger partial charge in [0.05, 0.1) is 16.3 Å². The highest BCUT2D eigenvalue weighted by atomic mass is 35.5. The van der Waals surface area contributed by atoms with Gasteiger partial charge in [0.15, 0.2) is 5.11 Å². The summed E-state index contributed by atoms with van der Waals surface area (Å²) in [5, 5.41) is 4.67. The number of carbonyl (C=O) groups is 1. The number of alkyl halides is 3. The summed E-state index contributed by atoms with van der Waals surface area (Å²) >= 11 is 10.8. The maximum Gasteiger partial charge on any atom is 0.416 e. The van der Waals surface area contributed by atoms with Crippen molar-refractivity contribution in [3.05, 3.63) is 83.1 Å². The zero-order valence-corrected chi connectivity index (χ0v) is 16.7. The van der Waals surface area contributed by atoms with E-state index in [0.717, 1.165) is 23.8 Å². The van der Waals surface area contributed by atoms with Crippen molar-refractivity contribution in [3.63, 3.8) is 0 Å². The van der Waals surface area contributed by atoms with Crippen molar-refractivity contribution < 1.29 is 22.4 Å². The Balaban J connectivity index is 1.57. The van der Waals surface area contributed by atoms with Gasteiger partial charge in [-0.15, -0.1) is 0 Å². The van der Waals surface area contributed by atoms with Gasteiger partial charge >= 0.3 is 6.18 Å². The lowest BCUT2D eigenvalue weighted by Crippen LogP contribution is -2.32. The monoisotopic (exact) mass is 450 g/mol. The largest absolute Gasteiger partial charge is 0.457 e. The van der Waals surface area contributed by atoms with Crippen LogP contribution >= 0.6 is 23.8 Å². The van der Waals surface area contributed by atoms with Crippen LogP contribution in [0.15, 0.2) is 71.2 Å². The highest BCUT2D eigenvalue weighted by Gasteiger charge is 2.30. The number of amides is 1. The molecular weight excluding hydrogens is 437 g/mol. The van der Waals surface area contributed by atoms with E-state index in [1.807, 2.05) is 30.3 Å². The van der Waals surface area contributed by atoms with Crippen LogP contribution in [0.5, 0.6) is 0 Å². The summed E-state index contributed by atoms with van der Waals surface area (Å²) in [7, 11) is 0. The zero-order valence-electron chi connectivity index (χ0n) is 15.2. The molecule has 154 valence electrons. The molecule has 0 spiro atoms. The smallest absolute Gasteiger partial charge is 0.416 e. The van der Waals surface area contributed by atoms with Crippen LogP contribution in [0.4, 0.5) is 18.9 Å². The second-order valence-electron chi connectivity index (χ2n) is 6.04. The van der Waals surface area contributed by atoms with Gasteiger partial charge in [-0.25, -0.2) is 0 Å². The number of thiocarbonyl (C=S) groups is 1. The maximum atomic E-state index is 12.7. The van der Waals surface area contributed by atoms with E-state index in [0.29, 0.717) is 11.5 Å². The minimum Gasteiger partial charge on any atom is -0.457 e. The molecular formula is C21H14ClF3N2O2S. The van der Waals surface area contributed by atoms with Gasteiger partial charge in [0.25, 0.3) is 0 Å². The molecule has 1 aromatic heterocycles. The molecule has 9 heteroatoms. The summed E-state index contributed by atoms with van der Waals surface area (Å²) < 4.78 is 43.7. The minimum absolute atomic E-state index is 0.115. The lowest BCUT2D eigenvalue weighted by atomic mass is 10.2. The Bertz CT molecular complexity index is 1100. The van der Waals surface area contributed by atoms with Crippen LogP contribution in [0.25, 0.3) is 17.4 Å². The quantitative estimate of drug-likeness (QED) is 0.370. The summed E-state index contributed by atoms with van der Waals surface area (Å²) in [4.78, 5) is 12.0. The summed E-state index contributed by atoms with van der Waals surface area (Å²) in [5.74, 6) is 0.576. The molecule has 0 fully saturated rings. The highest BCUT2D eigenvalue weighted by Crippen LogP contribution is 2.33. The summed E-state index contributed by atoms with van der Waals surface area (Å²) in [6, 6.07) is 15.7. The van der Waals surface area contributed by atoms with Crippen molar-refractivity contribution >= 4 is 46.6 Å². The van der Waals surface area contributed by atoms with Gasteiger partial charge in [-0.2, -0.15) is 13.2 Å². The van der Waals surface area contributed by atoms with Gasteiger partial charge in [-0.3, -0.25) is 10.1 Å². The van der Waals surface area contributed by atoms with E-state index in [-0.39, 0.29) is 15.8 Å². The fraction of sp³-hybridized carbons (Fsp3) is 0.0476. The van der Waals surface area contributed by atoms with Gasteiger partial charge in [0, 0.05) is 11.6 Å². The van der Waals surface area contributed by atoms with Gasteiger partial charge in [0.2, 0.25) is 5.91 Å². The number of nitrogens with one attached hydrogen (secondary N) is 2. The Morgan fingerprint density at radius 1 is 1.07 bits per heavy atom. The van der Waals surface area contributed by atoms with Crippen LogP contribution in [0, 0.1) is 0 Å². The topological polar surface area (TPSA) is 54.3 Å². The van der Waals surface area contributed by atoms with Gasteiger partial charge < -0.3 is 9.73 Å². The molecule has 4 nitrogen and oxygen atoms in total. The van der Waals surface area contributed by atoms with E-state index in [1.165, 1.54) is 12.2 Å². The lowest BCUT2D eigenvalue weighted by molar-refractivity contribution is -0.137. The van der Waals surface area contributed by atoms with Crippen molar-refractivity contribution in [2.45, 2.75) is 6.18 Å². The molecule has 3 aromatic rings. The van der Waals surface area contributed by atoms with Crippen LogP contribution in [-0.2, 0) is 11.0 Å². The molecule has 0 atom stereocenters. The van der Waals surface area contributed by atoms with Gasteiger partial charge in [-0.1, -0.05) is 41.9 Å². The first-order valence-electron chi connectivity index (χ1n) is 8.54. The second-order valence-corrected chi connectivity index (χ2v) is 6.85. The highest BCUT2D eigenvalue weighted by molar-refractivity contribution is 7.80. The Morgan fingerprint density at radius 3 is 2.47 bits per heavy atom. The van der Waals surface area contributed by atoms with E-state index in [2.05, 4.69) is 10.6 Å². The van der Waals surface area contributed by atoms with E-state index < -0.39 is 17.6 Å². The molecule has 0 radical (unpaired) electrons. The van der Waals surface area contributed by atoms with Crippen molar-refractivity contribution in [2.75, 3.05) is 5.32 Å². The number of anilines is 1. The molecule has 1 amide bonds. The molecule has 2 aromatic carbocycles. The van der Waals surface area contributed by atoms with Crippen LogP contribution in [-0.4, -0.2) is 11.0 Å². The molecule has 0 aliphatic heterocycles. The average Bonchev–Trinajstić information content (AvgIpc) is 3.17. The lowest BCUT2D eigenvalue weighted by Gasteiger charge is -2.12. The van der Waals surface area contributed by atoms with Gasteiger partial charge in [0.1, 0.15) is 11.5 Å². The first-order valence-corrected chi connectivity index (χ1v) is 9.33. The van der Waals surface area contributed by atoms with Crippen molar-refractivity contribution in [1.29, 1.82) is 0 Å². The number of rotatable bonds is 4. The number of benzene rings is 2. The minimum atomic E-state index is -4.51. The third-order valence-electron chi connectivity index (χ3n) is 3.87. The third kappa shape index (κ3) is 5.71. The fourth-order valence-electron chi connectivity index (χ4n) is 2.46.